The van der Waals surface area contributed by atoms with Crippen molar-refractivity contribution in [2.24, 2.45) is 0 Å². The van der Waals surface area contributed by atoms with E-state index >= 15 is 0 Å². The van der Waals surface area contributed by atoms with Gasteiger partial charge in [0.05, 0.1) is 25.4 Å². The molecule has 0 spiro atoms. The Balaban J connectivity index is 3.36. The Morgan fingerprint density at radius 1 is 0.364 bits per heavy atom. The molecule has 0 fully saturated rings. The van der Waals surface area contributed by atoms with Gasteiger partial charge in [-0.1, -0.05) is 309 Å². The van der Waals surface area contributed by atoms with Crippen LogP contribution >= 0.6 is 0 Å². The standard InChI is InChI=1S/C60H119NO5/c1-3-5-7-9-11-13-15-16-26-29-33-36-40-44-48-52-58(63)57(56-62)61-59(64)53-49-45-41-37-34-30-27-24-22-20-18-17-19-21-23-25-28-31-35-39-43-47-51-55-66-60(65)54-50-46-42-38-32-14-12-10-8-6-4-2/h57-58,62-63H,3-56H2,1-2H3,(H,61,64). The van der Waals surface area contributed by atoms with Gasteiger partial charge in [0, 0.05) is 12.8 Å². The van der Waals surface area contributed by atoms with E-state index in [4.69, 9.17) is 4.74 Å². The van der Waals surface area contributed by atoms with Gasteiger partial charge in [0.15, 0.2) is 0 Å². The maximum Gasteiger partial charge on any atom is 0.305 e. The Bertz CT molecular complexity index is 944. The number of rotatable bonds is 57. The number of unbranched alkanes of at least 4 members (excludes halogenated alkanes) is 46. The first-order chi connectivity index (χ1) is 32.5. The first-order valence-electron chi connectivity index (χ1n) is 30.3. The van der Waals surface area contributed by atoms with E-state index in [0.717, 1.165) is 38.5 Å². The zero-order valence-corrected chi connectivity index (χ0v) is 45.0. The van der Waals surface area contributed by atoms with Crippen LogP contribution < -0.4 is 5.32 Å². The van der Waals surface area contributed by atoms with E-state index < -0.39 is 12.1 Å². The van der Waals surface area contributed by atoms with E-state index in [1.54, 1.807) is 0 Å². The molecule has 0 radical (unpaired) electrons. The van der Waals surface area contributed by atoms with E-state index in [2.05, 4.69) is 19.2 Å². The Labute approximate surface area is 413 Å². The molecule has 2 unspecified atom stereocenters. The van der Waals surface area contributed by atoms with Gasteiger partial charge < -0.3 is 20.3 Å². The highest BCUT2D eigenvalue weighted by Crippen LogP contribution is 2.18. The first kappa shape index (κ1) is 64.9. The third-order valence-electron chi connectivity index (χ3n) is 14.4. The van der Waals surface area contributed by atoms with Crippen molar-refractivity contribution in [1.29, 1.82) is 0 Å². The quantitative estimate of drug-likeness (QED) is 0.0417. The summed E-state index contributed by atoms with van der Waals surface area (Å²) in [6.07, 6.45) is 65.4. The van der Waals surface area contributed by atoms with Crippen LogP contribution in [0.2, 0.25) is 0 Å². The van der Waals surface area contributed by atoms with Crippen molar-refractivity contribution in [3.63, 3.8) is 0 Å². The van der Waals surface area contributed by atoms with Crippen LogP contribution in [0.25, 0.3) is 0 Å². The molecule has 0 aliphatic carbocycles. The molecular formula is C60H119NO5. The maximum atomic E-state index is 12.5. The SMILES string of the molecule is CCCCCCCCCCCCCCCCCC(O)C(CO)NC(=O)CCCCCCCCCCCCCCCCCCCCCCCCCOC(=O)CCCCCCCCCCCCC. The molecule has 2 atom stereocenters. The lowest BCUT2D eigenvalue weighted by atomic mass is 10.0. The number of aliphatic hydroxyl groups is 2. The fourth-order valence-corrected chi connectivity index (χ4v) is 9.76. The predicted octanol–water partition coefficient (Wildman–Crippen LogP) is 18.7. The zero-order valence-electron chi connectivity index (χ0n) is 45.0. The molecule has 66 heavy (non-hydrogen) atoms. The molecule has 0 saturated heterocycles. The minimum Gasteiger partial charge on any atom is -0.466 e. The Morgan fingerprint density at radius 3 is 0.924 bits per heavy atom. The van der Waals surface area contributed by atoms with Crippen LogP contribution in [0.3, 0.4) is 0 Å². The summed E-state index contributed by atoms with van der Waals surface area (Å²) in [5, 5.41) is 23.3. The Hall–Kier alpha value is -1.14. The van der Waals surface area contributed by atoms with Gasteiger partial charge in [-0.25, -0.2) is 0 Å². The third kappa shape index (κ3) is 52.2. The molecule has 0 saturated carbocycles. The van der Waals surface area contributed by atoms with Gasteiger partial charge in [-0.15, -0.1) is 0 Å². The van der Waals surface area contributed by atoms with Gasteiger partial charge in [-0.3, -0.25) is 9.59 Å². The monoisotopic (exact) mass is 934 g/mol. The molecule has 3 N–H and O–H groups in total. The predicted molar refractivity (Wildman–Crippen MR) is 287 cm³/mol. The number of aliphatic hydroxyl groups excluding tert-OH is 2. The van der Waals surface area contributed by atoms with Gasteiger partial charge in [-0.05, 0) is 25.7 Å². The molecule has 0 aliphatic heterocycles. The molecule has 0 heterocycles. The van der Waals surface area contributed by atoms with Crippen molar-refractivity contribution >= 4 is 11.9 Å². The van der Waals surface area contributed by atoms with Crippen molar-refractivity contribution < 1.29 is 24.5 Å². The molecule has 0 aliphatic rings. The molecule has 6 heteroatoms. The summed E-state index contributed by atoms with van der Waals surface area (Å²) in [5.74, 6) is -0.0166. The summed E-state index contributed by atoms with van der Waals surface area (Å²) < 4.78 is 5.47. The molecule has 0 aromatic rings. The lowest BCUT2D eigenvalue weighted by Gasteiger charge is -2.22. The second kappa shape index (κ2) is 56.4. The smallest absolute Gasteiger partial charge is 0.305 e. The Kier molecular flexibility index (Phi) is 55.5. The average molecular weight is 935 g/mol. The topological polar surface area (TPSA) is 95.9 Å². The lowest BCUT2D eigenvalue weighted by Crippen LogP contribution is -2.45. The zero-order chi connectivity index (χ0) is 47.9. The van der Waals surface area contributed by atoms with Crippen LogP contribution in [0.15, 0.2) is 0 Å². The normalized spacial score (nSPS) is 12.5. The number of ether oxygens (including phenoxy) is 1. The maximum absolute atomic E-state index is 12.5. The number of carbonyl (C=O) groups is 2. The number of amides is 1. The van der Waals surface area contributed by atoms with Crippen LogP contribution in [-0.4, -0.2) is 47.4 Å². The van der Waals surface area contributed by atoms with E-state index in [0.29, 0.717) is 25.9 Å². The van der Waals surface area contributed by atoms with Crippen LogP contribution in [0.4, 0.5) is 0 Å². The number of hydrogen-bond donors (Lipinski definition) is 3. The van der Waals surface area contributed by atoms with Crippen LogP contribution in [0, 0.1) is 0 Å². The summed E-state index contributed by atoms with van der Waals surface area (Å²) in [4.78, 5) is 24.5. The average Bonchev–Trinajstić information content (AvgIpc) is 3.32. The molecule has 6 nitrogen and oxygen atoms in total. The van der Waals surface area contributed by atoms with Gasteiger partial charge in [0.1, 0.15) is 0 Å². The van der Waals surface area contributed by atoms with E-state index in [1.165, 1.54) is 276 Å². The molecule has 1 amide bonds. The first-order valence-corrected chi connectivity index (χ1v) is 30.3. The second-order valence-corrected chi connectivity index (χ2v) is 21.1. The highest BCUT2D eigenvalue weighted by atomic mass is 16.5. The lowest BCUT2D eigenvalue weighted by molar-refractivity contribution is -0.143. The highest BCUT2D eigenvalue weighted by molar-refractivity contribution is 5.76. The van der Waals surface area contributed by atoms with Crippen molar-refractivity contribution in [2.75, 3.05) is 13.2 Å². The summed E-state index contributed by atoms with van der Waals surface area (Å²) in [7, 11) is 0. The number of carbonyl (C=O) groups excluding carboxylic acids is 2. The fraction of sp³-hybridized carbons (Fsp3) is 0.967. The summed E-state index contributed by atoms with van der Waals surface area (Å²) in [6, 6.07) is -0.539. The summed E-state index contributed by atoms with van der Waals surface area (Å²) in [6.45, 7) is 4.98. The third-order valence-corrected chi connectivity index (χ3v) is 14.4. The van der Waals surface area contributed by atoms with E-state index in [-0.39, 0.29) is 18.5 Å². The molecule has 0 aromatic carbocycles. The number of nitrogens with one attached hydrogen (secondary N) is 1. The van der Waals surface area contributed by atoms with Crippen molar-refractivity contribution in [2.45, 2.75) is 360 Å². The summed E-state index contributed by atoms with van der Waals surface area (Å²) in [5.41, 5.74) is 0. The minimum atomic E-state index is -0.662. The molecular weight excluding hydrogens is 815 g/mol. The van der Waals surface area contributed by atoms with Gasteiger partial charge in [0.25, 0.3) is 0 Å². The van der Waals surface area contributed by atoms with Crippen LogP contribution in [-0.2, 0) is 14.3 Å². The number of hydrogen-bond acceptors (Lipinski definition) is 5. The second-order valence-electron chi connectivity index (χ2n) is 21.1. The van der Waals surface area contributed by atoms with E-state index in [9.17, 15) is 19.8 Å². The summed E-state index contributed by atoms with van der Waals surface area (Å²) >= 11 is 0. The molecule has 0 rings (SSSR count). The fourth-order valence-electron chi connectivity index (χ4n) is 9.76. The molecule has 0 bridgehead atoms. The van der Waals surface area contributed by atoms with E-state index in [1.807, 2.05) is 0 Å². The number of esters is 1. The minimum absolute atomic E-state index is 0.0149. The van der Waals surface area contributed by atoms with Crippen molar-refractivity contribution in [3.05, 3.63) is 0 Å². The largest absolute Gasteiger partial charge is 0.466 e. The van der Waals surface area contributed by atoms with Crippen LogP contribution in [0.1, 0.15) is 348 Å². The molecule has 0 aromatic heterocycles. The van der Waals surface area contributed by atoms with Crippen molar-refractivity contribution in [3.8, 4) is 0 Å². The Morgan fingerprint density at radius 2 is 0.621 bits per heavy atom. The van der Waals surface area contributed by atoms with Gasteiger partial charge >= 0.3 is 5.97 Å². The van der Waals surface area contributed by atoms with Gasteiger partial charge in [0.2, 0.25) is 5.91 Å². The van der Waals surface area contributed by atoms with Crippen molar-refractivity contribution in [1.82, 2.24) is 5.32 Å². The highest BCUT2D eigenvalue weighted by Gasteiger charge is 2.20. The molecule has 394 valence electrons. The van der Waals surface area contributed by atoms with Crippen LogP contribution in [0.5, 0.6) is 0 Å². The van der Waals surface area contributed by atoms with Gasteiger partial charge in [-0.2, -0.15) is 0 Å².